The summed E-state index contributed by atoms with van der Waals surface area (Å²) in [6, 6.07) is 8.13. The molecule has 8 nitrogen and oxygen atoms in total. The molecule has 1 fully saturated rings. The predicted octanol–water partition coefficient (Wildman–Crippen LogP) is 3.39. The second-order valence-electron chi connectivity index (χ2n) is 7.34. The fraction of sp³-hybridized carbons (Fsp3) is 0.350. The van der Waals surface area contributed by atoms with Crippen molar-refractivity contribution in [2.45, 2.75) is 31.6 Å². The van der Waals surface area contributed by atoms with E-state index in [1.165, 1.54) is 10.4 Å². The van der Waals surface area contributed by atoms with Crippen LogP contribution in [0.1, 0.15) is 24.0 Å². The number of aryl methyl sites for hydroxylation is 2. The predicted molar refractivity (Wildman–Crippen MR) is 109 cm³/mol. The van der Waals surface area contributed by atoms with Crippen LogP contribution in [0.2, 0.25) is 0 Å². The summed E-state index contributed by atoms with van der Waals surface area (Å²) in [7, 11) is -3.64. The lowest BCUT2D eigenvalue weighted by Crippen LogP contribution is -2.41. The number of benzene rings is 2. The van der Waals surface area contributed by atoms with E-state index in [9.17, 15) is 27.7 Å². The lowest BCUT2D eigenvalue weighted by atomic mass is 9.97. The van der Waals surface area contributed by atoms with Gasteiger partial charge in [-0.1, -0.05) is 6.07 Å². The number of carbonyl (C=O) groups is 1. The first kappa shape index (κ1) is 21.8. The van der Waals surface area contributed by atoms with Gasteiger partial charge in [0.15, 0.2) is 0 Å². The quantitative estimate of drug-likeness (QED) is 0.572. The van der Waals surface area contributed by atoms with Crippen LogP contribution in [0.3, 0.4) is 0 Å². The zero-order valence-electron chi connectivity index (χ0n) is 16.6. The molecule has 30 heavy (non-hydrogen) atoms. The Morgan fingerprint density at radius 2 is 1.80 bits per heavy atom. The number of nitro groups is 1. The lowest BCUT2D eigenvalue weighted by Gasteiger charge is -2.30. The fourth-order valence-corrected chi connectivity index (χ4v) is 4.91. The zero-order chi connectivity index (χ0) is 22.1. The number of halogens is 1. The van der Waals surface area contributed by atoms with Crippen molar-refractivity contribution in [3.63, 3.8) is 0 Å². The van der Waals surface area contributed by atoms with Crippen LogP contribution in [-0.2, 0) is 14.8 Å². The Kier molecular flexibility index (Phi) is 6.18. The monoisotopic (exact) mass is 435 g/mol. The van der Waals surface area contributed by atoms with Crippen LogP contribution in [0.4, 0.5) is 15.8 Å². The van der Waals surface area contributed by atoms with E-state index >= 15 is 0 Å². The zero-order valence-corrected chi connectivity index (χ0v) is 17.4. The second-order valence-corrected chi connectivity index (χ2v) is 9.27. The van der Waals surface area contributed by atoms with Crippen LogP contribution in [0, 0.1) is 35.7 Å². The van der Waals surface area contributed by atoms with Crippen LogP contribution >= 0.6 is 0 Å². The molecular formula is C20H22FN3O5S. The Labute approximate surface area is 173 Å². The Morgan fingerprint density at radius 3 is 2.40 bits per heavy atom. The van der Waals surface area contributed by atoms with E-state index in [4.69, 9.17) is 0 Å². The molecule has 1 amide bonds. The van der Waals surface area contributed by atoms with Gasteiger partial charge in [-0.3, -0.25) is 14.9 Å². The van der Waals surface area contributed by atoms with Crippen molar-refractivity contribution >= 4 is 27.3 Å². The fourth-order valence-electron chi connectivity index (χ4n) is 3.36. The summed E-state index contributed by atoms with van der Waals surface area (Å²) in [5, 5.41) is 13.4. The lowest BCUT2D eigenvalue weighted by molar-refractivity contribution is -0.387. The van der Waals surface area contributed by atoms with Gasteiger partial charge in [-0.2, -0.15) is 8.70 Å². The Balaban J connectivity index is 1.65. The van der Waals surface area contributed by atoms with Crippen LogP contribution < -0.4 is 5.32 Å². The molecule has 0 radical (unpaired) electrons. The van der Waals surface area contributed by atoms with E-state index in [-0.39, 0.29) is 29.6 Å². The number of hydrogen-bond donors (Lipinski definition) is 1. The molecule has 0 atom stereocenters. The van der Waals surface area contributed by atoms with E-state index in [0.717, 1.165) is 23.3 Å². The summed E-state index contributed by atoms with van der Waals surface area (Å²) in [4.78, 5) is 22.7. The molecule has 0 spiro atoms. The van der Waals surface area contributed by atoms with Gasteiger partial charge in [0.2, 0.25) is 21.7 Å². The van der Waals surface area contributed by atoms with Crippen molar-refractivity contribution in [3.8, 4) is 0 Å². The minimum atomic E-state index is -3.64. The molecule has 1 aliphatic rings. The van der Waals surface area contributed by atoms with Crippen molar-refractivity contribution in [1.82, 2.24) is 4.31 Å². The third-order valence-corrected chi connectivity index (χ3v) is 7.25. The van der Waals surface area contributed by atoms with Gasteiger partial charge in [0.1, 0.15) is 0 Å². The number of nitrogens with one attached hydrogen (secondary N) is 1. The summed E-state index contributed by atoms with van der Waals surface area (Å²) in [6.07, 6.45) is 0.637. The number of sulfonamides is 1. The van der Waals surface area contributed by atoms with E-state index in [0.29, 0.717) is 12.8 Å². The van der Waals surface area contributed by atoms with Crippen LogP contribution in [-0.4, -0.2) is 36.6 Å². The summed E-state index contributed by atoms with van der Waals surface area (Å²) < 4.78 is 40.6. The van der Waals surface area contributed by atoms with Crippen molar-refractivity contribution < 1.29 is 22.5 Å². The average Bonchev–Trinajstić information content (AvgIpc) is 2.71. The van der Waals surface area contributed by atoms with Crippen LogP contribution in [0.25, 0.3) is 0 Å². The molecule has 0 bridgehead atoms. The van der Waals surface area contributed by atoms with Crippen molar-refractivity contribution in [1.29, 1.82) is 0 Å². The van der Waals surface area contributed by atoms with Gasteiger partial charge in [-0.15, -0.1) is 0 Å². The van der Waals surface area contributed by atoms with Crippen LogP contribution in [0.15, 0.2) is 41.3 Å². The third-order valence-electron chi connectivity index (χ3n) is 5.35. The number of carbonyl (C=O) groups excluding carboxylic acids is 1. The SMILES string of the molecule is Cc1ccc(S(=O)(=O)N2CCC(C(=O)Nc3ccc(F)c([N+](=O)[O-])c3)CC2)cc1C. The maximum atomic E-state index is 13.4. The highest BCUT2D eigenvalue weighted by molar-refractivity contribution is 7.89. The van der Waals surface area contributed by atoms with E-state index in [2.05, 4.69) is 5.32 Å². The number of rotatable bonds is 5. The minimum Gasteiger partial charge on any atom is -0.326 e. The largest absolute Gasteiger partial charge is 0.326 e. The van der Waals surface area contributed by atoms with Crippen molar-refractivity contribution in [2.24, 2.45) is 5.92 Å². The number of anilines is 1. The second kappa shape index (κ2) is 8.49. The molecule has 2 aromatic rings. The molecule has 0 unspecified atom stereocenters. The van der Waals surface area contributed by atoms with E-state index in [1.807, 2.05) is 13.8 Å². The number of amides is 1. The number of nitro benzene ring substituents is 1. The normalized spacial score (nSPS) is 15.7. The van der Waals surface area contributed by atoms with Gasteiger partial charge in [-0.25, -0.2) is 8.42 Å². The first-order chi connectivity index (χ1) is 14.1. The van der Waals surface area contributed by atoms with Gasteiger partial charge < -0.3 is 5.32 Å². The van der Waals surface area contributed by atoms with Gasteiger partial charge in [0.05, 0.1) is 9.82 Å². The van der Waals surface area contributed by atoms with Gasteiger partial charge >= 0.3 is 5.69 Å². The topological polar surface area (TPSA) is 110 Å². The summed E-state index contributed by atoms with van der Waals surface area (Å²) in [5.74, 6) is -1.80. The molecule has 3 rings (SSSR count). The highest BCUT2D eigenvalue weighted by atomic mass is 32.2. The van der Waals surface area contributed by atoms with Crippen molar-refractivity contribution in [3.05, 3.63) is 63.5 Å². The van der Waals surface area contributed by atoms with Gasteiger partial charge in [0, 0.05) is 30.8 Å². The highest BCUT2D eigenvalue weighted by Gasteiger charge is 2.32. The van der Waals surface area contributed by atoms with Crippen LogP contribution in [0.5, 0.6) is 0 Å². The van der Waals surface area contributed by atoms with E-state index < -0.39 is 32.4 Å². The molecule has 1 heterocycles. The maximum Gasteiger partial charge on any atom is 0.306 e. The smallest absolute Gasteiger partial charge is 0.306 e. The summed E-state index contributed by atoms with van der Waals surface area (Å²) in [5.41, 5.74) is 1.30. The molecule has 1 N–H and O–H groups in total. The maximum absolute atomic E-state index is 13.4. The Bertz CT molecular complexity index is 1100. The van der Waals surface area contributed by atoms with Gasteiger partial charge in [-0.05, 0) is 62.1 Å². The Hall–Kier alpha value is -2.85. The van der Waals surface area contributed by atoms with Crippen molar-refractivity contribution in [2.75, 3.05) is 18.4 Å². The molecule has 1 saturated heterocycles. The first-order valence-electron chi connectivity index (χ1n) is 9.42. The number of nitrogens with zero attached hydrogens (tertiary/aromatic N) is 2. The molecule has 0 aliphatic carbocycles. The Morgan fingerprint density at radius 1 is 1.13 bits per heavy atom. The minimum absolute atomic E-state index is 0.123. The number of hydrogen-bond acceptors (Lipinski definition) is 5. The first-order valence-corrected chi connectivity index (χ1v) is 10.9. The molecule has 2 aromatic carbocycles. The number of piperidine rings is 1. The molecule has 0 saturated carbocycles. The standard InChI is InChI=1S/C20H22FN3O5S/c1-13-3-5-17(11-14(13)2)30(28,29)23-9-7-15(8-10-23)20(25)22-16-4-6-18(21)19(12-16)24(26)27/h3-6,11-12,15H,7-10H2,1-2H3,(H,22,25). The average molecular weight is 435 g/mol. The molecule has 0 aromatic heterocycles. The molecule has 1 aliphatic heterocycles. The third kappa shape index (κ3) is 4.49. The summed E-state index contributed by atoms with van der Waals surface area (Å²) in [6.45, 7) is 4.14. The molecule has 10 heteroatoms. The van der Waals surface area contributed by atoms with E-state index in [1.54, 1.807) is 18.2 Å². The molecular weight excluding hydrogens is 413 g/mol. The molecule has 160 valence electrons. The van der Waals surface area contributed by atoms with Gasteiger partial charge in [0.25, 0.3) is 0 Å². The summed E-state index contributed by atoms with van der Waals surface area (Å²) >= 11 is 0. The highest BCUT2D eigenvalue weighted by Crippen LogP contribution is 2.27.